The molecular weight excluding hydrogens is 239 g/mol. The van der Waals surface area contributed by atoms with Gasteiger partial charge in [-0.1, -0.05) is 0 Å². The molecule has 1 saturated heterocycles. The van der Waals surface area contributed by atoms with E-state index in [2.05, 4.69) is 0 Å². The van der Waals surface area contributed by atoms with Gasteiger partial charge < -0.3 is 9.84 Å². The Morgan fingerprint density at radius 2 is 2.12 bits per heavy atom. The highest BCUT2D eigenvalue weighted by Crippen LogP contribution is 2.34. The van der Waals surface area contributed by atoms with Gasteiger partial charge in [0.05, 0.1) is 6.10 Å². The summed E-state index contributed by atoms with van der Waals surface area (Å²) in [6, 6.07) is 4.64. The number of hydrogen-bond donors (Lipinski definition) is 1. The standard InChI is InChI=1S/C13H17FO2S/c1-9(15)12-8-10(14)2-3-13(12)17-11-4-6-16-7-5-11/h2-3,8-9,11,15H,4-7H2,1H3. The van der Waals surface area contributed by atoms with Gasteiger partial charge in [-0.3, -0.25) is 0 Å². The maximum atomic E-state index is 13.1. The molecule has 0 bridgehead atoms. The molecule has 1 fully saturated rings. The van der Waals surface area contributed by atoms with Crippen molar-refractivity contribution in [2.45, 2.75) is 36.0 Å². The van der Waals surface area contributed by atoms with Gasteiger partial charge in [-0.15, -0.1) is 11.8 Å². The SMILES string of the molecule is CC(O)c1cc(F)ccc1SC1CCOCC1. The zero-order valence-electron chi connectivity index (χ0n) is 9.86. The third kappa shape index (κ3) is 3.44. The maximum Gasteiger partial charge on any atom is 0.123 e. The van der Waals surface area contributed by atoms with Crippen molar-refractivity contribution in [2.75, 3.05) is 13.2 Å². The van der Waals surface area contributed by atoms with E-state index in [1.165, 1.54) is 12.1 Å². The number of aliphatic hydroxyl groups is 1. The quantitative estimate of drug-likeness (QED) is 0.901. The van der Waals surface area contributed by atoms with E-state index in [1.807, 2.05) is 0 Å². The molecule has 17 heavy (non-hydrogen) atoms. The minimum Gasteiger partial charge on any atom is -0.389 e. The summed E-state index contributed by atoms with van der Waals surface area (Å²) >= 11 is 1.72. The van der Waals surface area contributed by atoms with Crippen LogP contribution in [-0.2, 0) is 4.74 Å². The van der Waals surface area contributed by atoms with Crippen LogP contribution in [0.5, 0.6) is 0 Å². The van der Waals surface area contributed by atoms with Crippen LogP contribution < -0.4 is 0 Å². The van der Waals surface area contributed by atoms with Gasteiger partial charge in [0.15, 0.2) is 0 Å². The number of hydrogen-bond acceptors (Lipinski definition) is 3. The highest BCUT2D eigenvalue weighted by atomic mass is 32.2. The first kappa shape index (κ1) is 12.9. The van der Waals surface area contributed by atoms with E-state index in [0.717, 1.165) is 31.0 Å². The first-order valence-electron chi connectivity index (χ1n) is 5.88. The van der Waals surface area contributed by atoms with Crippen LogP contribution in [0.25, 0.3) is 0 Å². The Morgan fingerprint density at radius 1 is 1.41 bits per heavy atom. The van der Waals surface area contributed by atoms with Crippen LogP contribution in [0.3, 0.4) is 0 Å². The Labute approximate surface area is 105 Å². The molecule has 0 aliphatic carbocycles. The molecule has 1 unspecified atom stereocenters. The van der Waals surface area contributed by atoms with Crippen LogP contribution in [-0.4, -0.2) is 23.6 Å². The van der Waals surface area contributed by atoms with Crippen LogP contribution in [0.2, 0.25) is 0 Å². The molecule has 4 heteroatoms. The fraction of sp³-hybridized carbons (Fsp3) is 0.538. The summed E-state index contributed by atoms with van der Waals surface area (Å²) in [4.78, 5) is 0.980. The molecule has 2 nitrogen and oxygen atoms in total. The molecule has 0 aromatic heterocycles. The number of benzene rings is 1. The predicted molar refractivity (Wildman–Crippen MR) is 66.7 cm³/mol. The minimum absolute atomic E-state index is 0.294. The number of aliphatic hydroxyl groups excluding tert-OH is 1. The molecule has 1 atom stereocenters. The van der Waals surface area contributed by atoms with Gasteiger partial charge >= 0.3 is 0 Å². The van der Waals surface area contributed by atoms with E-state index >= 15 is 0 Å². The molecule has 1 aliphatic heterocycles. The van der Waals surface area contributed by atoms with Gasteiger partial charge in [0.2, 0.25) is 0 Å². The molecule has 0 amide bonds. The van der Waals surface area contributed by atoms with Crippen molar-refractivity contribution in [3.05, 3.63) is 29.6 Å². The first-order chi connectivity index (χ1) is 8.16. The van der Waals surface area contributed by atoms with Gasteiger partial charge in [0.1, 0.15) is 5.82 Å². The molecule has 1 N–H and O–H groups in total. The summed E-state index contributed by atoms with van der Waals surface area (Å²) in [5.41, 5.74) is 0.682. The summed E-state index contributed by atoms with van der Waals surface area (Å²) in [5, 5.41) is 10.2. The van der Waals surface area contributed by atoms with E-state index in [9.17, 15) is 9.50 Å². The number of thioether (sulfide) groups is 1. The number of halogens is 1. The van der Waals surface area contributed by atoms with Crippen molar-refractivity contribution >= 4 is 11.8 Å². The van der Waals surface area contributed by atoms with Crippen LogP contribution >= 0.6 is 11.8 Å². The van der Waals surface area contributed by atoms with Gasteiger partial charge in [-0.2, -0.15) is 0 Å². The van der Waals surface area contributed by atoms with Crippen LogP contribution in [0.1, 0.15) is 31.4 Å². The molecule has 0 radical (unpaired) electrons. The Balaban J connectivity index is 2.13. The molecular formula is C13H17FO2S. The van der Waals surface area contributed by atoms with E-state index in [4.69, 9.17) is 4.74 Å². The van der Waals surface area contributed by atoms with Crippen LogP contribution in [0.15, 0.2) is 23.1 Å². The second-order valence-electron chi connectivity index (χ2n) is 4.29. The Kier molecular flexibility index (Phi) is 4.42. The smallest absolute Gasteiger partial charge is 0.123 e. The highest BCUT2D eigenvalue weighted by Gasteiger charge is 2.18. The van der Waals surface area contributed by atoms with Crippen molar-refractivity contribution < 1.29 is 14.2 Å². The van der Waals surface area contributed by atoms with E-state index < -0.39 is 6.10 Å². The Hall–Kier alpha value is -0.580. The fourth-order valence-corrected chi connectivity index (χ4v) is 3.23. The Morgan fingerprint density at radius 3 is 2.76 bits per heavy atom. The average Bonchev–Trinajstić information content (AvgIpc) is 2.32. The molecule has 1 heterocycles. The second-order valence-corrected chi connectivity index (χ2v) is 5.63. The van der Waals surface area contributed by atoms with Crippen LogP contribution in [0.4, 0.5) is 4.39 Å². The first-order valence-corrected chi connectivity index (χ1v) is 6.76. The van der Waals surface area contributed by atoms with E-state index in [0.29, 0.717) is 10.8 Å². The minimum atomic E-state index is -0.631. The van der Waals surface area contributed by atoms with Crippen molar-refractivity contribution in [3.8, 4) is 0 Å². The summed E-state index contributed by atoms with van der Waals surface area (Å²) in [7, 11) is 0. The summed E-state index contributed by atoms with van der Waals surface area (Å²) in [5.74, 6) is -0.294. The molecule has 2 rings (SSSR count). The summed E-state index contributed by atoms with van der Waals surface area (Å²) < 4.78 is 18.5. The van der Waals surface area contributed by atoms with Crippen LogP contribution in [0, 0.1) is 5.82 Å². The van der Waals surface area contributed by atoms with Crippen molar-refractivity contribution in [1.29, 1.82) is 0 Å². The lowest BCUT2D eigenvalue weighted by Gasteiger charge is -2.23. The lowest BCUT2D eigenvalue weighted by atomic mass is 10.1. The fourth-order valence-electron chi connectivity index (χ4n) is 1.93. The van der Waals surface area contributed by atoms with Gasteiger partial charge in [0.25, 0.3) is 0 Å². The zero-order chi connectivity index (χ0) is 12.3. The third-order valence-electron chi connectivity index (χ3n) is 2.88. The lowest BCUT2D eigenvalue weighted by molar-refractivity contribution is 0.1000. The molecule has 0 saturated carbocycles. The Bertz CT molecular complexity index is 376. The van der Waals surface area contributed by atoms with E-state index in [-0.39, 0.29) is 5.82 Å². The molecule has 1 aromatic carbocycles. The number of ether oxygens (including phenoxy) is 1. The monoisotopic (exact) mass is 256 g/mol. The maximum absolute atomic E-state index is 13.1. The number of rotatable bonds is 3. The van der Waals surface area contributed by atoms with Crippen molar-refractivity contribution in [2.24, 2.45) is 0 Å². The normalized spacial score (nSPS) is 19.2. The summed E-state index contributed by atoms with van der Waals surface area (Å²) in [6.45, 7) is 3.26. The zero-order valence-corrected chi connectivity index (χ0v) is 10.7. The summed E-state index contributed by atoms with van der Waals surface area (Å²) in [6.07, 6.45) is 1.40. The molecule has 1 aliphatic rings. The van der Waals surface area contributed by atoms with Gasteiger partial charge in [0, 0.05) is 23.4 Å². The lowest BCUT2D eigenvalue weighted by Crippen LogP contribution is -2.17. The highest BCUT2D eigenvalue weighted by molar-refractivity contribution is 8.00. The topological polar surface area (TPSA) is 29.5 Å². The second kappa shape index (κ2) is 5.85. The van der Waals surface area contributed by atoms with Gasteiger partial charge in [-0.25, -0.2) is 4.39 Å². The molecule has 94 valence electrons. The predicted octanol–water partition coefficient (Wildman–Crippen LogP) is 3.15. The largest absolute Gasteiger partial charge is 0.389 e. The molecule has 1 aromatic rings. The third-order valence-corrected chi connectivity index (χ3v) is 4.31. The van der Waals surface area contributed by atoms with Gasteiger partial charge in [-0.05, 0) is 43.5 Å². The van der Waals surface area contributed by atoms with Crippen molar-refractivity contribution in [3.63, 3.8) is 0 Å². The average molecular weight is 256 g/mol. The van der Waals surface area contributed by atoms with Crippen molar-refractivity contribution in [1.82, 2.24) is 0 Å². The van der Waals surface area contributed by atoms with E-state index in [1.54, 1.807) is 24.8 Å². The molecule has 0 spiro atoms.